The first kappa shape index (κ1) is 20.0. The van der Waals surface area contributed by atoms with Gasteiger partial charge in [-0.15, -0.1) is 0 Å². The zero-order valence-electron chi connectivity index (χ0n) is 16.1. The van der Waals surface area contributed by atoms with Gasteiger partial charge >= 0.3 is 11.9 Å². The highest BCUT2D eigenvalue weighted by Crippen LogP contribution is 2.30. The van der Waals surface area contributed by atoms with Crippen molar-refractivity contribution in [1.29, 1.82) is 0 Å². The smallest absolute Gasteiger partial charge is 0.338 e. The van der Waals surface area contributed by atoms with Crippen LogP contribution in [0.3, 0.4) is 0 Å². The molecular formula is C24H19FO4. The molecule has 0 spiro atoms. The van der Waals surface area contributed by atoms with Gasteiger partial charge in [0.2, 0.25) is 0 Å². The molecule has 5 heteroatoms. The van der Waals surface area contributed by atoms with Gasteiger partial charge in [0.15, 0.2) is 0 Å². The van der Waals surface area contributed by atoms with Crippen molar-refractivity contribution in [2.24, 2.45) is 0 Å². The second-order valence-corrected chi connectivity index (χ2v) is 6.74. The Morgan fingerprint density at radius 2 is 1.31 bits per heavy atom. The molecule has 0 amide bonds. The molecule has 0 aromatic heterocycles. The molecule has 4 nitrogen and oxygen atoms in total. The first-order valence-electron chi connectivity index (χ1n) is 8.83. The standard InChI is InChI=1S/C24H19FO4/c1-14(2)23(26)28-21-8-7-16-9-17(5-6-18(16)11-21)19-10-20(25)13-22(12-19)29-24(27)15(3)4/h5-13H,1,3H2,2,4H3. The summed E-state index contributed by atoms with van der Waals surface area (Å²) in [5, 5.41) is 1.73. The molecule has 0 aliphatic rings. The molecule has 0 aliphatic carbocycles. The molecule has 29 heavy (non-hydrogen) atoms. The summed E-state index contributed by atoms with van der Waals surface area (Å²) in [6, 6.07) is 14.9. The highest BCUT2D eigenvalue weighted by Gasteiger charge is 2.11. The molecule has 0 fully saturated rings. The van der Waals surface area contributed by atoms with Crippen molar-refractivity contribution in [1.82, 2.24) is 0 Å². The van der Waals surface area contributed by atoms with Gasteiger partial charge in [0.05, 0.1) is 0 Å². The second kappa shape index (κ2) is 8.10. The van der Waals surface area contributed by atoms with E-state index in [1.807, 2.05) is 18.2 Å². The zero-order chi connectivity index (χ0) is 21.1. The van der Waals surface area contributed by atoms with Crippen molar-refractivity contribution >= 4 is 22.7 Å². The van der Waals surface area contributed by atoms with Crippen LogP contribution >= 0.6 is 0 Å². The topological polar surface area (TPSA) is 52.6 Å². The van der Waals surface area contributed by atoms with Crippen LogP contribution in [0.15, 0.2) is 78.9 Å². The lowest BCUT2D eigenvalue weighted by atomic mass is 10.0. The van der Waals surface area contributed by atoms with Crippen LogP contribution in [-0.2, 0) is 9.59 Å². The van der Waals surface area contributed by atoms with E-state index in [9.17, 15) is 14.0 Å². The van der Waals surface area contributed by atoms with Gasteiger partial charge in [0, 0.05) is 17.2 Å². The second-order valence-electron chi connectivity index (χ2n) is 6.74. The molecule has 0 atom stereocenters. The van der Waals surface area contributed by atoms with Crippen LogP contribution in [0.1, 0.15) is 13.8 Å². The summed E-state index contributed by atoms with van der Waals surface area (Å²) in [5.41, 5.74) is 1.85. The molecule has 0 heterocycles. The zero-order valence-corrected chi connectivity index (χ0v) is 16.1. The third-order valence-corrected chi connectivity index (χ3v) is 4.13. The monoisotopic (exact) mass is 390 g/mol. The van der Waals surface area contributed by atoms with E-state index in [-0.39, 0.29) is 11.3 Å². The number of halogens is 1. The molecule has 0 saturated heterocycles. The number of hydrogen-bond acceptors (Lipinski definition) is 4. The van der Waals surface area contributed by atoms with Crippen molar-refractivity contribution in [3.63, 3.8) is 0 Å². The summed E-state index contributed by atoms with van der Waals surface area (Å²) in [5.74, 6) is -1.10. The quantitative estimate of drug-likeness (QED) is 0.323. The lowest BCUT2D eigenvalue weighted by molar-refractivity contribution is -0.130. The third-order valence-electron chi connectivity index (χ3n) is 4.13. The first-order valence-corrected chi connectivity index (χ1v) is 8.83. The van der Waals surface area contributed by atoms with Gasteiger partial charge in [0.1, 0.15) is 17.3 Å². The van der Waals surface area contributed by atoms with Gasteiger partial charge in [0.25, 0.3) is 0 Å². The number of esters is 2. The molecule has 0 radical (unpaired) electrons. The summed E-state index contributed by atoms with van der Waals surface area (Å²) in [4.78, 5) is 23.4. The minimum Gasteiger partial charge on any atom is -0.423 e. The normalized spacial score (nSPS) is 10.4. The SMILES string of the molecule is C=C(C)C(=O)Oc1cc(F)cc(-c2ccc3cc(OC(=O)C(=C)C)ccc3c2)c1. The summed E-state index contributed by atoms with van der Waals surface area (Å²) in [6.45, 7) is 10.2. The fourth-order valence-corrected chi connectivity index (χ4v) is 2.64. The minimum atomic E-state index is -0.614. The maximum Gasteiger partial charge on any atom is 0.338 e. The van der Waals surface area contributed by atoms with Crippen molar-refractivity contribution < 1.29 is 23.5 Å². The molecule has 3 aromatic rings. The Labute approximate surface area is 167 Å². The number of ether oxygens (including phenoxy) is 2. The molecule has 0 aliphatic heterocycles. The predicted octanol–water partition coefficient (Wildman–Crippen LogP) is 5.61. The van der Waals surface area contributed by atoms with E-state index in [2.05, 4.69) is 13.2 Å². The summed E-state index contributed by atoms with van der Waals surface area (Å²) in [7, 11) is 0. The molecule has 146 valence electrons. The number of rotatable bonds is 5. The van der Waals surface area contributed by atoms with Gasteiger partial charge in [-0.05, 0) is 66.1 Å². The van der Waals surface area contributed by atoms with Crippen molar-refractivity contribution in [3.05, 3.63) is 84.7 Å². The Bertz CT molecular complexity index is 1160. The van der Waals surface area contributed by atoms with E-state index < -0.39 is 17.8 Å². The van der Waals surface area contributed by atoms with E-state index in [0.717, 1.165) is 22.4 Å². The molecule has 3 rings (SSSR count). The average Bonchev–Trinajstić information content (AvgIpc) is 2.66. The minimum absolute atomic E-state index is 0.107. The van der Waals surface area contributed by atoms with Gasteiger partial charge in [-0.3, -0.25) is 0 Å². The van der Waals surface area contributed by atoms with Gasteiger partial charge < -0.3 is 9.47 Å². The van der Waals surface area contributed by atoms with Gasteiger partial charge in [-0.25, -0.2) is 14.0 Å². The molecular weight excluding hydrogens is 371 g/mol. The predicted molar refractivity (Wildman–Crippen MR) is 110 cm³/mol. The Balaban J connectivity index is 1.93. The lowest BCUT2D eigenvalue weighted by Crippen LogP contribution is -2.08. The Kier molecular flexibility index (Phi) is 5.59. The summed E-state index contributed by atoms with van der Waals surface area (Å²) in [6.07, 6.45) is 0. The fourth-order valence-electron chi connectivity index (χ4n) is 2.64. The fraction of sp³-hybridized carbons (Fsp3) is 0.0833. The average molecular weight is 390 g/mol. The maximum atomic E-state index is 14.0. The Morgan fingerprint density at radius 3 is 1.97 bits per heavy atom. The summed E-state index contributed by atoms with van der Waals surface area (Å²) >= 11 is 0. The molecule has 0 saturated carbocycles. The van der Waals surface area contributed by atoms with Gasteiger partial charge in [-0.1, -0.05) is 31.4 Å². The van der Waals surface area contributed by atoms with Crippen molar-refractivity contribution in [2.75, 3.05) is 0 Å². The summed E-state index contributed by atoms with van der Waals surface area (Å²) < 4.78 is 24.4. The first-order chi connectivity index (χ1) is 13.7. The van der Waals surface area contributed by atoms with Crippen molar-refractivity contribution in [2.45, 2.75) is 13.8 Å². The Morgan fingerprint density at radius 1 is 0.724 bits per heavy atom. The van der Waals surface area contributed by atoms with Crippen LogP contribution < -0.4 is 9.47 Å². The van der Waals surface area contributed by atoms with E-state index in [1.165, 1.54) is 13.0 Å². The van der Waals surface area contributed by atoms with Crippen LogP contribution in [0.4, 0.5) is 4.39 Å². The van der Waals surface area contributed by atoms with Crippen LogP contribution in [0.25, 0.3) is 21.9 Å². The highest BCUT2D eigenvalue weighted by molar-refractivity contribution is 5.92. The third kappa shape index (κ3) is 4.76. The molecule has 0 bridgehead atoms. The highest BCUT2D eigenvalue weighted by atomic mass is 19.1. The van der Waals surface area contributed by atoms with E-state index in [0.29, 0.717) is 16.9 Å². The lowest BCUT2D eigenvalue weighted by Gasteiger charge is -2.09. The molecule has 0 N–H and O–H groups in total. The number of carbonyl (C=O) groups is 2. The van der Waals surface area contributed by atoms with E-state index in [4.69, 9.17) is 9.47 Å². The molecule has 3 aromatic carbocycles. The van der Waals surface area contributed by atoms with Gasteiger partial charge in [-0.2, -0.15) is 0 Å². The van der Waals surface area contributed by atoms with Crippen LogP contribution in [-0.4, -0.2) is 11.9 Å². The van der Waals surface area contributed by atoms with Crippen LogP contribution in [0, 0.1) is 5.82 Å². The number of hydrogen-bond donors (Lipinski definition) is 0. The molecule has 0 unspecified atom stereocenters. The number of carbonyl (C=O) groups excluding carboxylic acids is 2. The van der Waals surface area contributed by atoms with Crippen LogP contribution in [0.2, 0.25) is 0 Å². The number of benzene rings is 3. The van der Waals surface area contributed by atoms with Crippen molar-refractivity contribution in [3.8, 4) is 22.6 Å². The van der Waals surface area contributed by atoms with E-state index in [1.54, 1.807) is 31.2 Å². The van der Waals surface area contributed by atoms with E-state index >= 15 is 0 Å². The number of fused-ring (bicyclic) bond motifs is 1. The Hall–Kier alpha value is -3.73. The maximum absolute atomic E-state index is 14.0. The van der Waals surface area contributed by atoms with Crippen LogP contribution in [0.5, 0.6) is 11.5 Å². The largest absolute Gasteiger partial charge is 0.423 e.